The summed E-state index contributed by atoms with van der Waals surface area (Å²) in [5.74, 6) is -0.702. The molecule has 0 bridgehead atoms. The van der Waals surface area contributed by atoms with E-state index < -0.39 is 16.1 Å². The molecule has 1 fully saturated rings. The van der Waals surface area contributed by atoms with Gasteiger partial charge in [0.1, 0.15) is 6.04 Å². The van der Waals surface area contributed by atoms with Crippen molar-refractivity contribution in [3.05, 3.63) is 59.1 Å². The summed E-state index contributed by atoms with van der Waals surface area (Å²) in [6, 6.07) is 11.9. The Morgan fingerprint density at radius 1 is 1.13 bits per heavy atom. The second-order valence-electron chi connectivity index (χ2n) is 6.90. The molecule has 0 unspecified atom stereocenters. The van der Waals surface area contributed by atoms with Gasteiger partial charge >= 0.3 is 5.97 Å². The van der Waals surface area contributed by atoms with Crippen LogP contribution < -0.4 is 5.32 Å². The first-order valence-electron chi connectivity index (χ1n) is 9.64. The van der Waals surface area contributed by atoms with Crippen LogP contribution in [0.4, 0.5) is 5.69 Å². The van der Waals surface area contributed by atoms with Gasteiger partial charge in [-0.15, -0.1) is 0 Å². The molecule has 1 N–H and O–H groups in total. The first kappa shape index (κ1) is 22.3. The van der Waals surface area contributed by atoms with Gasteiger partial charge in [0, 0.05) is 17.3 Å². The van der Waals surface area contributed by atoms with Crippen LogP contribution >= 0.6 is 11.6 Å². The van der Waals surface area contributed by atoms with Crippen molar-refractivity contribution in [1.82, 2.24) is 4.31 Å². The van der Waals surface area contributed by atoms with Crippen molar-refractivity contribution in [2.75, 3.05) is 18.5 Å². The molecule has 0 radical (unpaired) electrons. The van der Waals surface area contributed by atoms with Gasteiger partial charge < -0.3 is 10.1 Å². The fraction of sp³-hybridized carbons (Fsp3) is 0.333. The Labute approximate surface area is 181 Å². The molecule has 9 heteroatoms. The van der Waals surface area contributed by atoms with Crippen molar-refractivity contribution in [3.63, 3.8) is 0 Å². The quantitative estimate of drug-likeness (QED) is 0.653. The molecule has 2 aromatic rings. The van der Waals surface area contributed by atoms with Gasteiger partial charge in [-0.3, -0.25) is 9.59 Å². The first-order valence-corrected chi connectivity index (χ1v) is 11.5. The van der Waals surface area contributed by atoms with Crippen LogP contribution in [0, 0.1) is 0 Å². The van der Waals surface area contributed by atoms with Gasteiger partial charge in [-0.1, -0.05) is 23.7 Å². The van der Waals surface area contributed by atoms with Crippen LogP contribution in [0.5, 0.6) is 0 Å². The maximum atomic E-state index is 13.0. The second kappa shape index (κ2) is 9.59. The summed E-state index contributed by atoms with van der Waals surface area (Å²) in [5, 5.41) is 3.21. The van der Waals surface area contributed by atoms with Gasteiger partial charge in [0.15, 0.2) is 0 Å². The number of amides is 1. The number of benzene rings is 2. The molecule has 30 heavy (non-hydrogen) atoms. The zero-order valence-electron chi connectivity index (χ0n) is 16.5. The number of carbonyl (C=O) groups is 2. The van der Waals surface area contributed by atoms with Gasteiger partial charge in [-0.25, -0.2) is 8.42 Å². The van der Waals surface area contributed by atoms with Gasteiger partial charge in [0.05, 0.1) is 17.9 Å². The summed E-state index contributed by atoms with van der Waals surface area (Å²) in [6.45, 7) is 2.35. The van der Waals surface area contributed by atoms with E-state index in [2.05, 4.69) is 5.32 Å². The zero-order chi connectivity index (χ0) is 21.7. The fourth-order valence-corrected chi connectivity index (χ4v) is 5.12. The minimum Gasteiger partial charge on any atom is -0.466 e. The smallest absolute Gasteiger partial charge is 0.310 e. The second-order valence-corrected chi connectivity index (χ2v) is 9.22. The number of esters is 1. The van der Waals surface area contributed by atoms with Crippen molar-refractivity contribution in [2.24, 2.45) is 0 Å². The average molecular weight is 451 g/mol. The molecule has 1 amide bonds. The predicted molar refractivity (Wildman–Crippen MR) is 114 cm³/mol. The number of rotatable bonds is 7. The summed E-state index contributed by atoms with van der Waals surface area (Å²) >= 11 is 5.85. The van der Waals surface area contributed by atoms with E-state index in [0.29, 0.717) is 30.2 Å². The van der Waals surface area contributed by atoms with Crippen molar-refractivity contribution in [2.45, 2.75) is 37.1 Å². The highest BCUT2D eigenvalue weighted by Crippen LogP contribution is 2.27. The van der Waals surface area contributed by atoms with Gasteiger partial charge in [-0.2, -0.15) is 4.31 Å². The van der Waals surface area contributed by atoms with Crippen LogP contribution in [-0.4, -0.2) is 43.8 Å². The number of carbonyl (C=O) groups excluding carboxylic acids is 2. The highest BCUT2D eigenvalue weighted by molar-refractivity contribution is 7.89. The van der Waals surface area contributed by atoms with Crippen molar-refractivity contribution >= 4 is 39.2 Å². The summed E-state index contributed by atoms with van der Waals surface area (Å²) in [5.41, 5.74) is 1.29. The van der Waals surface area contributed by atoms with E-state index in [1.165, 1.54) is 28.6 Å². The lowest BCUT2D eigenvalue weighted by Gasteiger charge is -2.23. The molecule has 2 aromatic carbocycles. The molecule has 1 atom stereocenters. The van der Waals surface area contributed by atoms with Gasteiger partial charge in [-0.05, 0) is 61.7 Å². The Morgan fingerprint density at radius 2 is 1.80 bits per heavy atom. The third-order valence-corrected chi connectivity index (χ3v) is 6.98. The van der Waals surface area contributed by atoms with E-state index in [0.717, 1.165) is 5.56 Å². The molecule has 3 rings (SSSR count). The molecule has 0 saturated carbocycles. The molecule has 7 nitrogen and oxygen atoms in total. The largest absolute Gasteiger partial charge is 0.466 e. The number of nitrogens with one attached hydrogen (secondary N) is 1. The number of halogens is 1. The number of hydrogen-bond donors (Lipinski definition) is 1. The van der Waals surface area contributed by atoms with Gasteiger partial charge in [0.25, 0.3) is 0 Å². The fourth-order valence-electron chi connectivity index (χ4n) is 3.34. The van der Waals surface area contributed by atoms with E-state index in [1.54, 1.807) is 31.2 Å². The van der Waals surface area contributed by atoms with Crippen LogP contribution in [0.3, 0.4) is 0 Å². The highest BCUT2D eigenvalue weighted by Gasteiger charge is 2.39. The lowest BCUT2D eigenvalue weighted by atomic mass is 10.1. The van der Waals surface area contributed by atoms with Crippen LogP contribution in [0.25, 0.3) is 0 Å². The molecule has 1 aliphatic heterocycles. The molecule has 1 heterocycles. The molecule has 0 spiro atoms. The molecular weight excluding hydrogens is 428 g/mol. The minimum atomic E-state index is -3.81. The minimum absolute atomic E-state index is 0.106. The Bertz CT molecular complexity index is 1010. The standard InChI is InChI=1S/C21H23ClN2O5S/c1-2-29-20(25)14-15-5-9-17(10-6-15)23-21(26)19-4-3-13-24(19)30(27,28)18-11-7-16(22)8-12-18/h5-12,19H,2-4,13-14H2,1H3,(H,23,26)/t19-/m0/s1. The summed E-state index contributed by atoms with van der Waals surface area (Å²) in [7, 11) is -3.81. The first-order chi connectivity index (χ1) is 14.3. The Morgan fingerprint density at radius 3 is 2.43 bits per heavy atom. The van der Waals surface area contributed by atoms with E-state index in [9.17, 15) is 18.0 Å². The maximum absolute atomic E-state index is 13.0. The normalized spacial score (nSPS) is 16.9. The summed E-state index contributed by atoms with van der Waals surface area (Å²) < 4.78 is 32.1. The topological polar surface area (TPSA) is 92.8 Å². The monoisotopic (exact) mass is 450 g/mol. The highest BCUT2D eigenvalue weighted by atomic mass is 35.5. The molecular formula is C21H23ClN2O5S. The van der Waals surface area contributed by atoms with Crippen LogP contribution in [0.2, 0.25) is 5.02 Å². The Kier molecular flexibility index (Phi) is 7.12. The van der Waals surface area contributed by atoms with E-state index in [-0.39, 0.29) is 29.7 Å². The SMILES string of the molecule is CCOC(=O)Cc1ccc(NC(=O)[C@@H]2CCCN2S(=O)(=O)c2ccc(Cl)cc2)cc1. The zero-order valence-corrected chi connectivity index (χ0v) is 18.1. The molecule has 1 aliphatic rings. The predicted octanol–water partition coefficient (Wildman–Crippen LogP) is 3.24. The summed E-state index contributed by atoms with van der Waals surface area (Å²) in [6.07, 6.45) is 1.20. The van der Waals surface area contributed by atoms with Crippen molar-refractivity contribution in [3.8, 4) is 0 Å². The van der Waals surface area contributed by atoms with Crippen LogP contribution in [-0.2, 0) is 30.8 Å². The van der Waals surface area contributed by atoms with E-state index in [1.807, 2.05) is 0 Å². The number of ether oxygens (including phenoxy) is 1. The summed E-state index contributed by atoms with van der Waals surface area (Å²) in [4.78, 5) is 24.5. The lowest BCUT2D eigenvalue weighted by Crippen LogP contribution is -2.43. The molecule has 0 aliphatic carbocycles. The van der Waals surface area contributed by atoms with E-state index >= 15 is 0 Å². The Balaban J connectivity index is 1.68. The van der Waals surface area contributed by atoms with Gasteiger partial charge in [0.2, 0.25) is 15.9 Å². The van der Waals surface area contributed by atoms with Crippen molar-refractivity contribution in [1.29, 1.82) is 0 Å². The maximum Gasteiger partial charge on any atom is 0.310 e. The number of sulfonamides is 1. The molecule has 0 aromatic heterocycles. The average Bonchev–Trinajstić information content (AvgIpc) is 3.21. The Hall–Kier alpha value is -2.42. The number of nitrogens with zero attached hydrogens (tertiary/aromatic N) is 1. The third-order valence-electron chi connectivity index (χ3n) is 4.80. The van der Waals surface area contributed by atoms with Crippen LogP contribution in [0.15, 0.2) is 53.4 Å². The molecule has 1 saturated heterocycles. The number of anilines is 1. The third kappa shape index (κ3) is 5.19. The lowest BCUT2D eigenvalue weighted by molar-refractivity contribution is -0.142. The van der Waals surface area contributed by atoms with Crippen LogP contribution in [0.1, 0.15) is 25.3 Å². The number of hydrogen-bond acceptors (Lipinski definition) is 5. The van der Waals surface area contributed by atoms with Crippen molar-refractivity contribution < 1.29 is 22.7 Å². The van der Waals surface area contributed by atoms with E-state index in [4.69, 9.17) is 16.3 Å². The molecule has 160 valence electrons.